The Hall–Kier alpha value is -2.68. The van der Waals surface area contributed by atoms with Crippen molar-refractivity contribution < 1.29 is 24.4 Å². The van der Waals surface area contributed by atoms with E-state index >= 15 is 0 Å². The van der Waals surface area contributed by atoms with Gasteiger partial charge in [0, 0.05) is 6.07 Å². The lowest BCUT2D eigenvalue weighted by Gasteiger charge is -2.42. The van der Waals surface area contributed by atoms with Crippen molar-refractivity contribution in [3.63, 3.8) is 0 Å². The van der Waals surface area contributed by atoms with Crippen molar-refractivity contribution >= 4 is 17.6 Å². The van der Waals surface area contributed by atoms with Gasteiger partial charge in [-0.05, 0) is 43.1 Å². The van der Waals surface area contributed by atoms with E-state index in [4.69, 9.17) is 4.74 Å². The number of ether oxygens (including phenoxy) is 1. The van der Waals surface area contributed by atoms with Crippen LogP contribution in [0.1, 0.15) is 52.9 Å². The lowest BCUT2D eigenvalue weighted by Crippen LogP contribution is -2.51. The molecule has 3 rings (SSSR count). The lowest BCUT2D eigenvalue weighted by atomic mass is 9.65. The third kappa shape index (κ3) is 4.81. The fraction of sp³-hybridized carbons (Fsp3) is 0.636. The first-order chi connectivity index (χ1) is 14.6. The van der Waals surface area contributed by atoms with E-state index in [1.54, 1.807) is 6.07 Å². The minimum atomic E-state index is -1.11. The summed E-state index contributed by atoms with van der Waals surface area (Å²) in [5, 5.41) is 24.0. The van der Waals surface area contributed by atoms with Crippen molar-refractivity contribution in [1.29, 1.82) is 0 Å². The Labute approximate surface area is 181 Å². The standard InChI is InChI=1S/C22H31N3O6/c1-4-21(2,3)15-8-10-22(11-9-15)19(27)24(20(28)23-22)13-17(26)14-31-18-7-5-6-16(12-18)25(29)30/h5-7,12,15,17,26H,4,8-11,13-14H2,1-3H3,(H,23,28). The first-order valence-corrected chi connectivity index (χ1v) is 10.8. The summed E-state index contributed by atoms with van der Waals surface area (Å²) in [6.07, 6.45) is 2.90. The predicted octanol–water partition coefficient (Wildman–Crippen LogP) is 3.25. The van der Waals surface area contributed by atoms with Gasteiger partial charge in [0.05, 0.1) is 17.5 Å². The third-order valence-corrected chi connectivity index (χ3v) is 6.97. The predicted molar refractivity (Wildman–Crippen MR) is 114 cm³/mol. The zero-order valence-corrected chi connectivity index (χ0v) is 18.3. The van der Waals surface area contributed by atoms with Crippen LogP contribution in [0.4, 0.5) is 10.5 Å². The lowest BCUT2D eigenvalue weighted by molar-refractivity contribution is -0.384. The molecular formula is C22H31N3O6. The van der Waals surface area contributed by atoms with Crippen LogP contribution in [0.2, 0.25) is 0 Å². The van der Waals surface area contributed by atoms with Crippen LogP contribution >= 0.6 is 0 Å². The summed E-state index contributed by atoms with van der Waals surface area (Å²) in [5.41, 5.74) is -0.796. The van der Waals surface area contributed by atoms with E-state index in [9.17, 15) is 24.8 Å². The van der Waals surface area contributed by atoms with Gasteiger partial charge in [-0.25, -0.2) is 4.79 Å². The molecule has 2 aliphatic rings. The highest BCUT2D eigenvalue weighted by molar-refractivity contribution is 6.07. The second-order valence-corrected chi connectivity index (χ2v) is 9.26. The highest BCUT2D eigenvalue weighted by Gasteiger charge is 2.53. The van der Waals surface area contributed by atoms with E-state index < -0.39 is 22.6 Å². The molecule has 3 amide bonds. The van der Waals surface area contributed by atoms with Crippen molar-refractivity contribution in [2.45, 2.75) is 64.5 Å². The van der Waals surface area contributed by atoms with Crippen LogP contribution < -0.4 is 10.1 Å². The highest BCUT2D eigenvalue weighted by atomic mass is 16.6. The number of nitro benzene ring substituents is 1. The number of rotatable bonds is 8. The van der Waals surface area contributed by atoms with Crippen LogP contribution in [0.25, 0.3) is 0 Å². The van der Waals surface area contributed by atoms with Gasteiger partial charge in [-0.1, -0.05) is 33.3 Å². The molecule has 170 valence electrons. The number of non-ortho nitro benzene ring substituents is 1. The molecule has 9 nitrogen and oxygen atoms in total. The molecule has 9 heteroatoms. The van der Waals surface area contributed by atoms with E-state index in [1.165, 1.54) is 18.2 Å². The van der Waals surface area contributed by atoms with Gasteiger partial charge in [0.25, 0.3) is 11.6 Å². The molecule has 1 spiro atoms. The number of aliphatic hydroxyl groups is 1. The molecule has 1 saturated carbocycles. The van der Waals surface area contributed by atoms with E-state index in [0.29, 0.717) is 18.8 Å². The van der Waals surface area contributed by atoms with Gasteiger partial charge in [-0.2, -0.15) is 0 Å². The van der Waals surface area contributed by atoms with Gasteiger partial charge in [0.15, 0.2) is 0 Å². The van der Waals surface area contributed by atoms with Crippen LogP contribution in [-0.4, -0.2) is 51.7 Å². The average Bonchev–Trinajstić information content (AvgIpc) is 2.96. The number of urea groups is 1. The fourth-order valence-electron chi connectivity index (χ4n) is 4.50. The van der Waals surface area contributed by atoms with E-state index in [1.807, 2.05) is 0 Å². The SMILES string of the molecule is CCC(C)(C)C1CCC2(CC1)NC(=O)N(CC(O)COc1cccc([N+](=O)[O-])c1)C2=O. The second kappa shape index (κ2) is 8.82. The highest BCUT2D eigenvalue weighted by Crippen LogP contribution is 2.45. The van der Waals surface area contributed by atoms with E-state index in [-0.39, 0.29) is 35.9 Å². The molecule has 0 bridgehead atoms. The maximum atomic E-state index is 13.1. The number of benzene rings is 1. The van der Waals surface area contributed by atoms with Crippen LogP contribution in [0.15, 0.2) is 24.3 Å². The number of β-amino-alcohol motifs (C(OH)–C–C–N with tert-alkyl or cyclic N) is 1. The number of hydrogen-bond donors (Lipinski definition) is 2. The summed E-state index contributed by atoms with van der Waals surface area (Å²) in [5.74, 6) is 0.453. The maximum Gasteiger partial charge on any atom is 0.325 e. The number of carbonyl (C=O) groups excluding carboxylic acids is 2. The average molecular weight is 434 g/mol. The van der Waals surface area contributed by atoms with Gasteiger partial charge in [0.2, 0.25) is 0 Å². The Morgan fingerprint density at radius 3 is 2.65 bits per heavy atom. The smallest absolute Gasteiger partial charge is 0.325 e. The van der Waals surface area contributed by atoms with Crippen molar-refractivity contribution in [2.75, 3.05) is 13.2 Å². The van der Waals surface area contributed by atoms with Gasteiger partial charge >= 0.3 is 6.03 Å². The zero-order valence-electron chi connectivity index (χ0n) is 18.3. The monoisotopic (exact) mass is 433 g/mol. The summed E-state index contributed by atoms with van der Waals surface area (Å²) in [4.78, 5) is 36.9. The Morgan fingerprint density at radius 1 is 1.35 bits per heavy atom. The molecule has 2 fully saturated rings. The first-order valence-electron chi connectivity index (χ1n) is 10.8. The first kappa shape index (κ1) is 23.0. The zero-order chi connectivity index (χ0) is 22.8. The normalized spacial score (nSPS) is 24.9. The summed E-state index contributed by atoms with van der Waals surface area (Å²) in [6.45, 7) is 6.28. The molecule has 1 aromatic carbocycles. The molecule has 1 aliphatic carbocycles. The molecule has 1 saturated heterocycles. The number of hydrogen-bond acceptors (Lipinski definition) is 6. The largest absolute Gasteiger partial charge is 0.491 e. The fourth-order valence-corrected chi connectivity index (χ4v) is 4.50. The van der Waals surface area contributed by atoms with Crippen molar-refractivity contribution in [2.24, 2.45) is 11.3 Å². The molecule has 1 atom stereocenters. The quantitative estimate of drug-likeness (QED) is 0.369. The number of nitrogens with one attached hydrogen (secondary N) is 1. The van der Waals surface area contributed by atoms with Gasteiger partial charge in [0.1, 0.15) is 24.0 Å². The second-order valence-electron chi connectivity index (χ2n) is 9.26. The molecule has 1 aromatic rings. The maximum absolute atomic E-state index is 13.1. The van der Waals surface area contributed by atoms with E-state index in [0.717, 1.165) is 24.2 Å². The molecule has 31 heavy (non-hydrogen) atoms. The Kier molecular flexibility index (Phi) is 6.54. The molecule has 1 unspecified atom stereocenters. The number of amides is 3. The number of aliphatic hydroxyl groups excluding tert-OH is 1. The van der Waals surface area contributed by atoms with Gasteiger partial charge in [-0.3, -0.25) is 19.8 Å². The molecule has 0 aromatic heterocycles. The Bertz CT molecular complexity index is 847. The molecular weight excluding hydrogens is 402 g/mol. The van der Waals surface area contributed by atoms with Crippen LogP contribution in [-0.2, 0) is 4.79 Å². The summed E-state index contributed by atoms with van der Waals surface area (Å²) >= 11 is 0. The number of nitrogens with zero attached hydrogens (tertiary/aromatic N) is 2. The van der Waals surface area contributed by atoms with Crippen molar-refractivity contribution in [3.8, 4) is 5.75 Å². The summed E-state index contributed by atoms with van der Waals surface area (Å²) in [6, 6.07) is 5.13. The molecule has 1 heterocycles. The Balaban J connectivity index is 1.56. The van der Waals surface area contributed by atoms with Crippen molar-refractivity contribution in [1.82, 2.24) is 10.2 Å². The minimum Gasteiger partial charge on any atom is -0.491 e. The molecule has 0 radical (unpaired) electrons. The Morgan fingerprint density at radius 2 is 2.03 bits per heavy atom. The minimum absolute atomic E-state index is 0.120. The summed E-state index contributed by atoms with van der Waals surface area (Å²) in [7, 11) is 0. The van der Waals surface area contributed by atoms with Crippen molar-refractivity contribution in [3.05, 3.63) is 34.4 Å². The number of imide groups is 1. The topological polar surface area (TPSA) is 122 Å². The number of carbonyl (C=O) groups is 2. The van der Waals surface area contributed by atoms with E-state index in [2.05, 4.69) is 26.1 Å². The molecule has 1 aliphatic heterocycles. The van der Waals surface area contributed by atoms with Gasteiger partial charge in [-0.15, -0.1) is 0 Å². The van der Waals surface area contributed by atoms with Crippen LogP contribution in [0.3, 0.4) is 0 Å². The number of nitro groups is 1. The molecule has 2 N–H and O–H groups in total. The van der Waals surface area contributed by atoms with Crippen LogP contribution in [0.5, 0.6) is 5.75 Å². The van der Waals surface area contributed by atoms with Crippen LogP contribution in [0, 0.1) is 21.4 Å². The van der Waals surface area contributed by atoms with Gasteiger partial charge < -0.3 is 15.2 Å². The third-order valence-electron chi connectivity index (χ3n) is 6.97. The summed E-state index contributed by atoms with van der Waals surface area (Å²) < 4.78 is 5.42.